The molecule has 8 heteroatoms. The fourth-order valence-electron chi connectivity index (χ4n) is 3.82. The molecule has 2 aromatic heterocycles. The number of nitrogens with zero attached hydrogens (tertiary/aromatic N) is 5. The number of halogens is 1. The lowest BCUT2D eigenvalue weighted by molar-refractivity contribution is 0.193. The van der Waals surface area contributed by atoms with Crippen LogP contribution in [0, 0.1) is 0 Å². The summed E-state index contributed by atoms with van der Waals surface area (Å²) in [6.45, 7) is 2.44. The second kappa shape index (κ2) is 7.61. The van der Waals surface area contributed by atoms with Gasteiger partial charge in [0.2, 0.25) is 0 Å². The molecule has 2 aliphatic rings. The highest BCUT2D eigenvalue weighted by molar-refractivity contribution is 6.32. The standard InChI is InChI=1S/C18H23ClN6O/c19-16-14(5-4-9-20-16)21-18(26)24-11-7-13(8-12-24)17-23-22-15-6-2-1-3-10-25(15)17/h4-5,9,13H,1-3,6-8,10-12H2,(H,21,26). The van der Waals surface area contributed by atoms with E-state index < -0.39 is 0 Å². The third-order valence-corrected chi connectivity index (χ3v) is 5.59. The summed E-state index contributed by atoms with van der Waals surface area (Å²) in [4.78, 5) is 18.3. The number of urea groups is 1. The van der Waals surface area contributed by atoms with Gasteiger partial charge >= 0.3 is 6.03 Å². The van der Waals surface area contributed by atoms with Gasteiger partial charge in [-0.15, -0.1) is 10.2 Å². The number of anilines is 1. The number of hydrogen-bond donors (Lipinski definition) is 1. The molecule has 0 atom stereocenters. The number of pyridine rings is 1. The van der Waals surface area contributed by atoms with Crippen molar-refractivity contribution in [2.24, 2.45) is 0 Å². The van der Waals surface area contributed by atoms with Crippen molar-refractivity contribution >= 4 is 23.3 Å². The maximum absolute atomic E-state index is 12.5. The lowest BCUT2D eigenvalue weighted by Gasteiger charge is -2.31. The van der Waals surface area contributed by atoms with Crippen molar-refractivity contribution in [1.29, 1.82) is 0 Å². The average Bonchev–Trinajstić information content (AvgIpc) is 2.92. The molecule has 2 aromatic rings. The summed E-state index contributed by atoms with van der Waals surface area (Å²) in [5.74, 6) is 2.61. The normalized spacial score (nSPS) is 18.3. The van der Waals surface area contributed by atoms with Crippen molar-refractivity contribution in [2.45, 2.75) is 51.0 Å². The molecule has 0 aliphatic carbocycles. The Morgan fingerprint density at radius 1 is 1.15 bits per heavy atom. The SMILES string of the molecule is O=C(Nc1cccnc1Cl)N1CCC(c2nnc3n2CCCCC3)CC1. The Labute approximate surface area is 157 Å². The maximum Gasteiger partial charge on any atom is 0.321 e. The average molecular weight is 375 g/mol. The van der Waals surface area contributed by atoms with E-state index in [9.17, 15) is 4.79 Å². The quantitative estimate of drug-likeness (QED) is 0.816. The fraction of sp³-hybridized carbons (Fsp3) is 0.556. The Morgan fingerprint density at radius 2 is 2.00 bits per heavy atom. The highest BCUT2D eigenvalue weighted by Crippen LogP contribution is 2.29. The van der Waals surface area contributed by atoms with Crippen molar-refractivity contribution < 1.29 is 4.79 Å². The van der Waals surface area contributed by atoms with Crippen LogP contribution >= 0.6 is 11.6 Å². The lowest BCUT2D eigenvalue weighted by Crippen LogP contribution is -2.41. The van der Waals surface area contributed by atoms with E-state index in [4.69, 9.17) is 11.6 Å². The van der Waals surface area contributed by atoms with E-state index in [1.54, 1.807) is 18.3 Å². The molecule has 0 spiro atoms. The van der Waals surface area contributed by atoms with E-state index in [1.807, 2.05) is 4.90 Å². The van der Waals surface area contributed by atoms with Gasteiger partial charge in [0.1, 0.15) is 11.6 Å². The Balaban J connectivity index is 1.38. The molecule has 0 aromatic carbocycles. The minimum atomic E-state index is -0.126. The van der Waals surface area contributed by atoms with Gasteiger partial charge < -0.3 is 14.8 Å². The number of hydrogen-bond acceptors (Lipinski definition) is 4. The Morgan fingerprint density at radius 3 is 2.81 bits per heavy atom. The molecule has 0 unspecified atom stereocenters. The van der Waals surface area contributed by atoms with Gasteiger partial charge in [-0.2, -0.15) is 0 Å². The number of aryl methyl sites for hydroxylation is 1. The van der Waals surface area contributed by atoms with Gasteiger partial charge in [0.15, 0.2) is 5.15 Å². The van der Waals surface area contributed by atoms with Gasteiger partial charge in [-0.05, 0) is 37.8 Å². The Bertz CT molecular complexity index is 784. The van der Waals surface area contributed by atoms with Gasteiger partial charge in [-0.25, -0.2) is 9.78 Å². The van der Waals surface area contributed by atoms with Crippen molar-refractivity contribution in [3.05, 3.63) is 35.1 Å². The maximum atomic E-state index is 12.5. The third kappa shape index (κ3) is 3.53. The van der Waals surface area contributed by atoms with Crippen molar-refractivity contribution in [3.63, 3.8) is 0 Å². The number of aromatic nitrogens is 4. The summed E-state index contributed by atoms with van der Waals surface area (Å²) in [5.41, 5.74) is 0.545. The molecule has 0 bridgehead atoms. The van der Waals surface area contributed by atoms with E-state index in [-0.39, 0.29) is 6.03 Å². The number of rotatable bonds is 2. The van der Waals surface area contributed by atoms with Crippen molar-refractivity contribution in [2.75, 3.05) is 18.4 Å². The number of amides is 2. The molecule has 26 heavy (non-hydrogen) atoms. The van der Waals surface area contributed by atoms with Crippen LogP contribution in [-0.2, 0) is 13.0 Å². The van der Waals surface area contributed by atoms with Crippen molar-refractivity contribution in [3.8, 4) is 0 Å². The van der Waals surface area contributed by atoms with Gasteiger partial charge in [0.25, 0.3) is 0 Å². The molecule has 7 nitrogen and oxygen atoms in total. The van der Waals surface area contributed by atoms with Crippen LogP contribution in [-0.4, -0.2) is 43.8 Å². The minimum absolute atomic E-state index is 0.126. The number of likely N-dealkylation sites (tertiary alicyclic amines) is 1. The van der Waals surface area contributed by atoms with Crippen LogP contribution in [0.2, 0.25) is 5.15 Å². The molecule has 1 saturated heterocycles. The van der Waals surface area contributed by atoms with E-state index in [0.717, 1.165) is 37.5 Å². The zero-order valence-electron chi connectivity index (χ0n) is 14.7. The van der Waals surface area contributed by atoms with E-state index in [2.05, 4.69) is 25.1 Å². The zero-order chi connectivity index (χ0) is 17.9. The summed E-state index contributed by atoms with van der Waals surface area (Å²) >= 11 is 6.02. The molecule has 2 amide bonds. The first kappa shape index (κ1) is 17.3. The summed E-state index contributed by atoms with van der Waals surface area (Å²) < 4.78 is 2.32. The molecule has 1 N–H and O–H groups in total. The van der Waals surface area contributed by atoms with Crippen LogP contribution in [0.4, 0.5) is 10.5 Å². The largest absolute Gasteiger partial charge is 0.324 e. The molecule has 4 heterocycles. The zero-order valence-corrected chi connectivity index (χ0v) is 15.5. The van der Waals surface area contributed by atoms with E-state index in [1.165, 1.54) is 19.3 Å². The second-order valence-corrected chi connectivity index (χ2v) is 7.33. The van der Waals surface area contributed by atoms with Gasteiger partial charge in [-0.1, -0.05) is 18.0 Å². The van der Waals surface area contributed by atoms with E-state index in [0.29, 0.717) is 29.8 Å². The first-order chi connectivity index (χ1) is 12.7. The van der Waals surface area contributed by atoms with Gasteiger partial charge in [0.05, 0.1) is 5.69 Å². The summed E-state index contributed by atoms with van der Waals surface area (Å²) in [6, 6.07) is 3.38. The van der Waals surface area contributed by atoms with E-state index >= 15 is 0 Å². The molecule has 0 saturated carbocycles. The number of fused-ring (bicyclic) bond motifs is 1. The Kier molecular flexibility index (Phi) is 5.06. The summed E-state index contributed by atoms with van der Waals surface area (Å²) in [7, 11) is 0. The fourth-order valence-corrected chi connectivity index (χ4v) is 3.99. The molecular formula is C18H23ClN6O. The van der Waals surface area contributed by atoms with Crippen LogP contribution in [0.15, 0.2) is 18.3 Å². The highest BCUT2D eigenvalue weighted by atomic mass is 35.5. The van der Waals surface area contributed by atoms with Crippen LogP contribution in [0.3, 0.4) is 0 Å². The minimum Gasteiger partial charge on any atom is -0.324 e. The number of carbonyl (C=O) groups excluding carboxylic acids is 1. The van der Waals surface area contributed by atoms with Crippen molar-refractivity contribution in [1.82, 2.24) is 24.6 Å². The van der Waals surface area contributed by atoms with Crippen LogP contribution in [0.5, 0.6) is 0 Å². The molecule has 1 fully saturated rings. The van der Waals surface area contributed by atoms with Gasteiger partial charge in [0, 0.05) is 38.2 Å². The Hall–Kier alpha value is -2.15. The third-order valence-electron chi connectivity index (χ3n) is 5.29. The first-order valence-corrected chi connectivity index (χ1v) is 9.68. The second-order valence-electron chi connectivity index (χ2n) is 6.97. The summed E-state index contributed by atoms with van der Waals surface area (Å²) in [5, 5.41) is 12.0. The highest BCUT2D eigenvalue weighted by Gasteiger charge is 2.28. The van der Waals surface area contributed by atoms with Gasteiger partial charge in [-0.3, -0.25) is 0 Å². The molecule has 2 aliphatic heterocycles. The summed E-state index contributed by atoms with van der Waals surface area (Å²) in [6.07, 6.45) is 8.11. The predicted molar refractivity (Wildman–Crippen MR) is 99.4 cm³/mol. The predicted octanol–water partition coefficient (Wildman–Crippen LogP) is 3.46. The molecule has 0 radical (unpaired) electrons. The molecular weight excluding hydrogens is 352 g/mol. The number of piperidine rings is 1. The molecule has 138 valence electrons. The number of carbonyl (C=O) groups is 1. The smallest absolute Gasteiger partial charge is 0.321 e. The monoisotopic (exact) mass is 374 g/mol. The van der Waals surface area contributed by atoms with Crippen LogP contribution < -0.4 is 5.32 Å². The van der Waals surface area contributed by atoms with Crippen LogP contribution in [0.25, 0.3) is 0 Å². The first-order valence-electron chi connectivity index (χ1n) is 9.31. The lowest BCUT2D eigenvalue weighted by atomic mass is 9.96. The number of nitrogens with one attached hydrogen (secondary N) is 1. The topological polar surface area (TPSA) is 75.9 Å². The van der Waals surface area contributed by atoms with Crippen LogP contribution in [0.1, 0.15) is 49.7 Å². The molecule has 4 rings (SSSR count).